The highest BCUT2D eigenvalue weighted by atomic mass is 16.5. The Morgan fingerprint density at radius 1 is 1.19 bits per heavy atom. The molecule has 9 nitrogen and oxygen atoms in total. The van der Waals surface area contributed by atoms with Crippen molar-refractivity contribution < 1.29 is 14.1 Å². The molecule has 0 spiro atoms. The van der Waals surface area contributed by atoms with Crippen LogP contribution in [-0.2, 0) is 0 Å². The van der Waals surface area contributed by atoms with Gasteiger partial charge in [0.15, 0.2) is 0 Å². The molecule has 1 aromatic carbocycles. The molecule has 0 aliphatic heterocycles. The topological polar surface area (TPSA) is 128 Å². The van der Waals surface area contributed by atoms with Crippen LogP contribution in [0.3, 0.4) is 0 Å². The van der Waals surface area contributed by atoms with Crippen molar-refractivity contribution in [3.63, 3.8) is 0 Å². The summed E-state index contributed by atoms with van der Waals surface area (Å²) in [6, 6.07) is 8.63. The van der Waals surface area contributed by atoms with Crippen molar-refractivity contribution in [3.8, 4) is 11.4 Å². The number of aryl methyl sites for hydroxylation is 1. The Morgan fingerprint density at radius 3 is 2.61 bits per heavy atom. The zero-order valence-electron chi connectivity index (χ0n) is 17.2. The number of imidazole rings is 1. The van der Waals surface area contributed by atoms with Gasteiger partial charge in [-0.15, -0.1) is 0 Å². The van der Waals surface area contributed by atoms with E-state index >= 15 is 0 Å². The summed E-state index contributed by atoms with van der Waals surface area (Å²) in [5.74, 6) is 0.546. The van der Waals surface area contributed by atoms with Crippen molar-refractivity contribution >= 4 is 23.1 Å². The fourth-order valence-corrected chi connectivity index (χ4v) is 2.84. The molecular formula is C22H22N6O3. The van der Waals surface area contributed by atoms with E-state index in [0.29, 0.717) is 22.7 Å². The van der Waals surface area contributed by atoms with E-state index in [2.05, 4.69) is 27.4 Å². The van der Waals surface area contributed by atoms with Gasteiger partial charge in [-0.2, -0.15) is 4.98 Å². The van der Waals surface area contributed by atoms with Crippen LogP contribution in [0.15, 0.2) is 53.6 Å². The number of primary amides is 1. The van der Waals surface area contributed by atoms with E-state index in [1.165, 1.54) is 36.0 Å². The van der Waals surface area contributed by atoms with Gasteiger partial charge in [0.25, 0.3) is 5.91 Å². The molecule has 0 unspecified atom stereocenters. The maximum absolute atomic E-state index is 12.8. The normalized spacial score (nSPS) is 12.8. The third-order valence-electron chi connectivity index (χ3n) is 4.99. The lowest BCUT2D eigenvalue weighted by Gasteiger charge is -2.10. The lowest BCUT2D eigenvalue weighted by molar-refractivity contribution is 0.0994. The molecule has 1 saturated carbocycles. The number of rotatable bonds is 4. The average molecular weight is 418 g/mol. The van der Waals surface area contributed by atoms with Gasteiger partial charge in [-0.1, -0.05) is 37.1 Å². The number of nitrogens with zero attached hydrogens (tertiary/aromatic N) is 4. The Morgan fingerprint density at radius 2 is 1.97 bits per heavy atom. The first-order valence-corrected chi connectivity index (χ1v) is 9.88. The number of anilines is 1. The van der Waals surface area contributed by atoms with Crippen LogP contribution in [0.25, 0.3) is 17.0 Å². The van der Waals surface area contributed by atoms with E-state index in [1.807, 2.05) is 19.1 Å². The highest BCUT2D eigenvalue weighted by Gasteiger charge is 2.16. The molecule has 1 aliphatic carbocycles. The van der Waals surface area contributed by atoms with Crippen LogP contribution >= 0.6 is 0 Å². The van der Waals surface area contributed by atoms with E-state index in [0.717, 1.165) is 11.5 Å². The maximum Gasteiger partial charge on any atom is 0.274 e. The van der Waals surface area contributed by atoms with Crippen molar-refractivity contribution in [2.45, 2.75) is 26.7 Å². The lowest BCUT2D eigenvalue weighted by Crippen LogP contribution is -2.16. The zero-order valence-corrected chi connectivity index (χ0v) is 17.2. The molecular weight excluding hydrogens is 396 g/mol. The first kappa shape index (κ1) is 20.3. The lowest BCUT2D eigenvalue weighted by atomic mass is 10.1. The summed E-state index contributed by atoms with van der Waals surface area (Å²) in [5, 5.41) is 6.65. The number of nitrogens with one attached hydrogen (secondary N) is 1. The minimum absolute atomic E-state index is 0.275. The Hall–Kier alpha value is -4.01. The highest BCUT2D eigenvalue weighted by molar-refractivity contribution is 6.04. The molecule has 4 aromatic rings. The Bertz CT molecular complexity index is 1240. The van der Waals surface area contributed by atoms with Gasteiger partial charge in [0, 0.05) is 17.4 Å². The van der Waals surface area contributed by atoms with Crippen LogP contribution in [-0.4, -0.2) is 31.3 Å². The van der Waals surface area contributed by atoms with Crippen LogP contribution in [0.1, 0.15) is 46.2 Å². The summed E-state index contributed by atoms with van der Waals surface area (Å²) in [6.07, 6.45) is 7.14. The SMILES string of the molecule is CC1CC1.Cc1ccc(-c2ncon2)cc1NC(=O)c1cnc2ccc(C(N)=O)cn12. The van der Waals surface area contributed by atoms with Gasteiger partial charge in [-0.25, -0.2) is 4.98 Å². The number of carbonyl (C=O) groups is 2. The van der Waals surface area contributed by atoms with Crippen molar-refractivity contribution in [3.05, 3.63) is 65.9 Å². The van der Waals surface area contributed by atoms with Gasteiger partial charge < -0.3 is 15.6 Å². The van der Waals surface area contributed by atoms with E-state index < -0.39 is 5.91 Å². The smallest absolute Gasteiger partial charge is 0.274 e. The number of aromatic nitrogens is 4. The molecule has 3 aromatic heterocycles. The number of carbonyl (C=O) groups excluding carboxylic acids is 2. The summed E-state index contributed by atoms with van der Waals surface area (Å²) in [5.41, 5.74) is 8.57. The van der Waals surface area contributed by atoms with E-state index in [1.54, 1.807) is 18.2 Å². The molecule has 3 N–H and O–H groups in total. The molecule has 1 aliphatic rings. The number of amides is 2. The van der Waals surface area contributed by atoms with Gasteiger partial charge in [0.1, 0.15) is 11.3 Å². The maximum atomic E-state index is 12.8. The van der Waals surface area contributed by atoms with E-state index in [-0.39, 0.29) is 17.2 Å². The summed E-state index contributed by atoms with van der Waals surface area (Å²) < 4.78 is 6.28. The number of nitrogens with two attached hydrogens (primary N) is 1. The van der Waals surface area contributed by atoms with Crippen molar-refractivity contribution in [2.75, 3.05) is 5.32 Å². The van der Waals surface area contributed by atoms with Gasteiger partial charge in [0.2, 0.25) is 18.1 Å². The van der Waals surface area contributed by atoms with E-state index in [4.69, 9.17) is 10.3 Å². The standard InChI is InChI=1S/C18H14N6O3.C4H8/c1-10-2-3-11(17-21-9-27-23-17)6-13(10)22-18(26)14-7-20-15-5-4-12(16(19)25)8-24(14)15;1-4-2-3-4/h2-9H,1H3,(H2,19,25)(H,22,26);4H,2-3H2,1H3. The summed E-state index contributed by atoms with van der Waals surface area (Å²) in [4.78, 5) is 32.4. The third kappa shape index (κ3) is 4.61. The molecule has 0 saturated heterocycles. The molecule has 1 fully saturated rings. The summed E-state index contributed by atoms with van der Waals surface area (Å²) in [7, 11) is 0. The minimum atomic E-state index is -0.583. The van der Waals surface area contributed by atoms with Crippen LogP contribution < -0.4 is 11.1 Å². The van der Waals surface area contributed by atoms with Gasteiger partial charge >= 0.3 is 0 Å². The quantitative estimate of drug-likeness (QED) is 0.522. The fourth-order valence-electron chi connectivity index (χ4n) is 2.84. The molecule has 31 heavy (non-hydrogen) atoms. The second kappa shape index (κ2) is 8.39. The molecule has 5 rings (SSSR count). The average Bonchev–Trinajstić information content (AvgIpc) is 3.22. The molecule has 0 atom stereocenters. The van der Waals surface area contributed by atoms with Gasteiger partial charge in [-0.05, 0) is 36.6 Å². The number of hydrogen-bond donors (Lipinski definition) is 2. The number of benzene rings is 1. The van der Waals surface area contributed by atoms with Crippen molar-refractivity contribution in [1.82, 2.24) is 19.5 Å². The zero-order chi connectivity index (χ0) is 22.0. The monoisotopic (exact) mass is 418 g/mol. The van der Waals surface area contributed by atoms with Crippen LogP contribution in [0.2, 0.25) is 0 Å². The summed E-state index contributed by atoms with van der Waals surface area (Å²) >= 11 is 0. The second-order valence-corrected chi connectivity index (χ2v) is 7.57. The Balaban J connectivity index is 0.000000520. The largest absolute Gasteiger partial charge is 0.366 e. The minimum Gasteiger partial charge on any atom is -0.366 e. The first-order chi connectivity index (χ1) is 14.9. The first-order valence-electron chi connectivity index (χ1n) is 9.88. The second-order valence-electron chi connectivity index (χ2n) is 7.57. The van der Waals surface area contributed by atoms with Crippen LogP contribution in [0.4, 0.5) is 5.69 Å². The van der Waals surface area contributed by atoms with Crippen molar-refractivity contribution in [2.24, 2.45) is 11.7 Å². The molecule has 9 heteroatoms. The van der Waals surface area contributed by atoms with Gasteiger partial charge in [0.05, 0.1) is 11.8 Å². The predicted molar refractivity (Wildman–Crippen MR) is 115 cm³/mol. The Labute approximate surface area is 178 Å². The van der Waals surface area contributed by atoms with Gasteiger partial charge in [-0.3, -0.25) is 14.0 Å². The molecule has 0 radical (unpaired) electrons. The third-order valence-corrected chi connectivity index (χ3v) is 4.99. The van der Waals surface area contributed by atoms with E-state index in [9.17, 15) is 9.59 Å². The molecule has 158 valence electrons. The number of fused-ring (bicyclic) bond motifs is 1. The van der Waals surface area contributed by atoms with Crippen LogP contribution in [0.5, 0.6) is 0 Å². The summed E-state index contributed by atoms with van der Waals surface area (Å²) in [6.45, 7) is 4.15. The molecule has 3 heterocycles. The number of hydrogen-bond acceptors (Lipinski definition) is 6. The number of pyridine rings is 1. The fraction of sp³-hybridized carbons (Fsp3) is 0.227. The molecule has 2 amide bonds. The molecule has 0 bridgehead atoms. The highest BCUT2D eigenvalue weighted by Crippen LogP contribution is 2.26. The Kier molecular flexibility index (Phi) is 5.48. The van der Waals surface area contributed by atoms with Crippen LogP contribution in [0, 0.1) is 12.8 Å². The predicted octanol–water partition coefficient (Wildman–Crippen LogP) is 3.46. The van der Waals surface area contributed by atoms with Crippen molar-refractivity contribution in [1.29, 1.82) is 0 Å².